The molecule has 7 nitrogen and oxygen atoms in total. The number of esters is 1. The first-order chi connectivity index (χ1) is 15.3. The molecule has 2 heterocycles. The molecular weight excluding hydrogens is 415 g/mol. The number of nitrogens with zero attached hydrogens (tertiary/aromatic N) is 2. The van der Waals surface area contributed by atoms with Crippen LogP contribution >= 0.6 is 0 Å². The molecule has 0 spiro atoms. The summed E-state index contributed by atoms with van der Waals surface area (Å²) in [5.74, 6) is -1.36. The monoisotopic (exact) mass is 440 g/mol. The fraction of sp³-hybridized carbons (Fsp3) is 0.375. The molecule has 0 aromatic heterocycles. The molecule has 0 radical (unpaired) electrons. The van der Waals surface area contributed by atoms with E-state index >= 15 is 0 Å². The van der Waals surface area contributed by atoms with Gasteiger partial charge in [0.15, 0.2) is 0 Å². The Kier molecular flexibility index (Phi) is 5.62. The number of fused-ring (bicyclic) bond motifs is 3. The van der Waals surface area contributed by atoms with Gasteiger partial charge in [-0.15, -0.1) is 0 Å². The maximum absolute atomic E-state index is 13.7. The van der Waals surface area contributed by atoms with E-state index in [-0.39, 0.29) is 43.7 Å². The van der Waals surface area contributed by atoms with Crippen molar-refractivity contribution in [1.29, 1.82) is 0 Å². The molecule has 168 valence electrons. The lowest BCUT2D eigenvalue weighted by Crippen LogP contribution is -2.69. The number of halogens is 1. The number of amides is 2. The van der Waals surface area contributed by atoms with E-state index in [1.165, 1.54) is 35.1 Å². The van der Waals surface area contributed by atoms with E-state index in [2.05, 4.69) is 0 Å². The lowest BCUT2D eigenvalue weighted by Gasteiger charge is -2.48. The molecule has 2 aliphatic heterocycles. The van der Waals surface area contributed by atoms with Crippen molar-refractivity contribution in [3.8, 4) is 5.75 Å². The quantitative estimate of drug-likeness (QED) is 0.643. The molecule has 1 atom stereocenters. The third-order valence-electron chi connectivity index (χ3n) is 5.85. The number of rotatable bonds is 6. The highest BCUT2D eigenvalue weighted by Gasteiger charge is 2.61. The third kappa shape index (κ3) is 3.39. The van der Waals surface area contributed by atoms with E-state index in [1.807, 2.05) is 13.8 Å². The molecular formula is C24H25FN2O5. The van der Waals surface area contributed by atoms with E-state index in [1.54, 1.807) is 24.3 Å². The first kappa shape index (κ1) is 21.8. The van der Waals surface area contributed by atoms with Crippen molar-refractivity contribution in [2.45, 2.75) is 39.0 Å². The molecule has 2 amide bonds. The van der Waals surface area contributed by atoms with E-state index in [0.717, 1.165) is 0 Å². The molecule has 4 rings (SSSR count). The Morgan fingerprint density at radius 3 is 2.66 bits per heavy atom. The van der Waals surface area contributed by atoms with Crippen LogP contribution in [0.15, 0.2) is 42.5 Å². The van der Waals surface area contributed by atoms with Crippen molar-refractivity contribution in [1.82, 2.24) is 4.90 Å². The summed E-state index contributed by atoms with van der Waals surface area (Å²) in [5, 5.41) is 0. The van der Waals surface area contributed by atoms with Crippen molar-refractivity contribution in [2.75, 3.05) is 18.6 Å². The molecule has 1 saturated heterocycles. The van der Waals surface area contributed by atoms with Crippen molar-refractivity contribution < 1.29 is 28.2 Å². The van der Waals surface area contributed by atoms with Gasteiger partial charge in [0.05, 0.1) is 18.4 Å². The van der Waals surface area contributed by atoms with Gasteiger partial charge in [-0.1, -0.05) is 26.0 Å². The van der Waals surface area contributed by atoms with E-state index < -0.39 is 17.4 Å². The topological polar surface area (TPSA) is 76.1 Å². The summed E-state index contributed by atoms with van der Waals surface area (Å²) in [4.78, 5) is 42.9. The first-order valence-electron chi connectivity index (χ1n) is 10.5. The molecule has 8 heteroatoms. The van der Waals surface area contributed by atoms with Crippen molar-refractivity contribution in [3.05, 3.63) is 59.4 Å². The van der Waals surface area contributed by atoms with Gasteiger partial charge in [0.1, 0.15) is 18.2 Å². The van der Waals surface area contributed by atoms with Gasteiger partial charge in [-0.05, 0) is 36.2 Å². The molecule has 2 aliphatic rings. The number of ether oxygens (including phenoxy) is 2. The lowest BCUT2D eigenvalue weighted by atomic mass is 9.95. The number of para-hydroxylation sites is 1. The average molecular weight is 440 g/mol. The minimum absolute atomic E-state index is 0.0507. The molecule has 0 aliphatic carbocycles. The van der Waals surface area contributed by atoms with Gasteiger partial charge in [-0.3, -0.25) is 14.5 Å². The SMILES string of the molecule is COc1ccc(F)cc1COC(=O)C12CCC(=O)N1c1ccccc1C(=O)N2CC(C)C. The zero-order valence-electron chi connectivity index (χ0n) is 18.3. The van der Waals surface area contributed by atoms with Crippen LogP contribution in [-0.2, 0) is 20.9 Å². The minimum atomic E-state index is -1.58. The highest BCUT2D eigenvalue weighted by Crippen LogP contribution is 2.45. The smallest absolute Gasteiger partial charge is 0.354 e. The Bertz CT molecular complexity index is 1090. The molecule has 0 bridgehead atoms. The second-order valence-electron chi connectivity index (χ2n) is 8.40. The summed E-state index contributed by atoms with van der Waals surface area (Å²) in [7, 11) is 1.44. The van der Waals surface area contributed by atoms with Crippen LogP contribution in [0.2, 0.25) is 0 Å². The maximum Gasteiger partial charge on any atom is 0.354 e. The Balaban J connectivity index is 1.75. The molecule has 2 aromatic rings. The molecule has 0 saturated carbocycles. The average Bonchev–Trinajstić information content (AvgIpc) is 3.13. The van der Waals surface area contributed by atoms with Crippen LogP contribution in [0.4, 0.5) is 10.1 Å². The van der Waals surface area contributed by atoms with Crippen molar-refractivity contribution in [2.24, 2.45) is 5.92 Å². The van der Waals surface area contributed by atoms with Crippen LogP contribution in [0.1, 0.15) is 42.6 Å². The fourth-order valence-electron chi connectivity index (χ4n) is 4.48. The molecule has 32 heavy (non-hydrogen) atoms. The number of hydrogen-bond acceptors (Lipinski definition) is 5. The van der Waals surface area contributed by atoms with Crippen molar-refractivity contribution >= 4 is 23.5 Å². The van der Waals surface area contributed by atoms with E-state index in [0.29, 0.717) is 22.6 Å². The lowest BCUT2D eigenvalue weighted by molar-refractivity contribution is -0.159. The van der Waals surface area contributed by atoms with Gasteiger partial charge in [0.2, 0.25) is 11.6 Å². The second kappa shape index (κ2) is 8.26. The van der Waals surface area contributed by atoms with E-state index in [9.17, 15) is 18.8 Å². The highest BCUT2D eigenvalue weighted by molar-refractivity contribution is 6.15. The first-order valence-corrected chi connectivity index (χ1v) is 10.5. The predicted octanol–water partition coefficient (Wildman–Crippen LogP) is 3.51. The van der Waals surface area contributed by atoms with Crippen molar-refractivity contribution in [3.63, 3.8) is 0 Å². The molecule has 1 unspecified atom stereocenters. The normalized spacial score (nSPS) is 19.8. The number of carbonyl (C=O) groups is 3. The highest BCUT2D eigenvalue weighted by atomic mass is 19.1. The number of benzene rings is 2. The second-order valence-corrected chi connectivity index (χ2v) is 8.40. The van der Waals surface area contributed by atoms with Gasteiger partial charge in [0, 0.05) is 24.9 Å². The number of methoxy groups -OCH3 is 1. The van der Waals surface area contributed by atoms with Gasteiger partial charge in [0.25, 0.3) is 5.91 Å². The summed E-state index contributed by atoms with van der Waals surface area (Å²) >= 11 is 0. The predicted molar refractivity (Wildman–Crippen MR) is 115 cm³/mol. The molecule has 0 N–H and O–H groups in total. The zero-order valence-corrected chi connectivity index (χ0v) is 18.3. The Morgan fingerprint density at radius 2 is 1.94 bits per heavy atom. The summed E-state index contributed by atoms with van der Waals surface area (Å²) in [6.07, 6.45) is 0.229. The zero-order chi connectivity index (χ0) is 23.0. The fourth-order valence-corrected chi connectivity index (χ4v) is 4.48. The van der Waals surface area contributed by atoms with Gasteiger partial charge < -0.3 is 14.4 Å². The number of anilines is 1. The summed E-state index contributed by atoms with van der Waals surface area (Å²) in [6, 6.07) is 10.7. The van der Waals surface area contributed by atoms with Crippen LogP contribution in [-0.4, -0.2) is 42.0 Å². The van der Waals surface area contributed by atoms with Gasteiger partial charge in [-0.25, -0.2) is 9.18 Å². The summed E-state index contributed by atoms with van der Waals surface area (Å²) in [5.41, 5.74) is -0.446. The largest absolute Gasteiger partial charge is 0.496 e. The number of carbonyl (C=O) groups excluding carboxylic acids is 3. The maximum atomic E-state index is 13.7. The van der Waals surface area contributed by atoms with E-state index in [4.69, 9.17) is 9.47 Å². The third-order valence-corrected chi connectivity index (χ3v) is 5.85. The Morgan fingerprint density at radius 1 is 1.19 bits per heavy atom. The number of hydrogen-bond donors (Lipinski definition) is 0. The van der Waals surface area contributed by atoms with Crippen LogP contribution < -0.4 is 9.64 Å². The van der Waals surface area contributed by atoms with Gasteiger partial charge in [-0.2, -0.15) is 0 Å². The Hall–Kier alpha value is -3.42. The standard InChI is InChI=1S/C24H25FN2O5/c1-15(2)13-26-22(29)18-6-4-5-7-19(18)27-21(28)10-11-24(26,27)23(30)32-14-16-12-17(25)8-9-20(16)31-3/h4-9,12,15H,10-11,13-14H2,1-3H3. The van der Waals surface area contributed by atoms with Crippen LogP contribution in [0.5, 0.6) is 5.75 Å². The Labute approximate surface area is 185 Å². The summed E-state index contributed by atoms with van der Waals surface area (Å²) in [6.45, 7) is 3.89. The van der Waals surface area contributed by atoms with Gasteiger partial charge >= 0.3 is 5.97 Å². The van der Waals surface area contributed by atoms with Crippen LogP contribution in [0.25, 0.3) is 0 Å². The molecule has 1 fully saturated rings. The van der Waals surface area contributed by atoms with Crippen LogP contribution in [0, 0.1) is 11.7 Å². The minimum Gasteiger partial charge on any atom is -0.496 e. The molecule has 2 aromatic carbocycles. The van der Waals surface area contributed by atoms with Crippen LogP contribution in [0.3, 0.4) is 0 Å². The summed E-state index contributed by atoms with van der Waals surface area (Å²) < 4.78 is 24.6.